The molecule has 5 nitrogen and oxygen atoms in total. The van der Waals surface area contributed by atoms with Crippen molar-refractivity contribution >= 4 is 28.1 Å². The van der Waals surface area contributed by atoms with Crippen molar-refractivity contribution in [1.29, 1.82) is 5.26 Å². The standard InChI is InChI=1S/C21H19N3O2S/c1-3-16-4-8-19(9-5-16)24(15(2)25)21-23-18(14-27-21)13-26-20-10-6-17(12-22)7-11-20/h4-11,14H,3,13H2,1-2H3. The monoisotopic (exact) mass is 377 g/mol. The van der Waals surface area contributed by atoms with E-state index in [-0.39, 0.29) is 5.91 Å². The van der Waals surface area contributed by atoms with Crippen molar-refractivity contribution in [2.24, 2.45) is 0 Å². The number of anilines is 2. The van der Waals surface area contributed by atoms with Crippen LogP contribution in [0.5, 0.6) is 5.75 Å². The Morgan fingerprint density at radius 1 is 1.19 bits per heavy atom. The molecule has 3 rings (SSSR count). The first-order valence-electron chi connectivity index (χ1n) is 8.57. The summed E-state index contributed by atoms with van der Waals surface area (Å²) in [6, 6.07) is 16.9. The van der Waals surface area contributed by atoms with E-state index >= 15 is 0 Å². The van der Waals surface area contributed by atoms with Gasteiger partial charge in [-0.15, -0.1) is 11.3 Å². The normalized spacial score (nSPS) is 10.3. The van der Waals surface area contributed by atoms with Crippen LogP contribution < -0.4 is 9.64 Å². The summed E-state index contributed by atoms with van der Waals surface area (Å²) in [7, 11) is 0. The molecule has 0 unspecified atom stereocenters. The molecule has 0 spiro atoms. The minimum Gasteiger partial charge on any atom is -0.487 e. The van der Waals surface area contributed by atoms with Crippen LogP contribution in [0.3, 0.4) is 0 Å². The third-order valence-electron chi connectivity index (χ3n) is 4.02. The Kier molecular flexibility index (Phi) is 5.84. The topological polar surface area (TPSA) is 66.2 Å². The van der Waals surface area contributed by atoms with Crippen LogP contribution in [-0.2, 0) is 17.8 Å². The van der Waals surface area contributed by atoms with Crippen molar-refractivity contribution in [2.75, 3.05) is 4.90 Å². The number of rotatable bonds is 6. The van der Waals surface area contributed by atoms with Crippen LogP contribution in [0, 0.1) is 11.3 Å². The molecule has 2 aromatic carbocycles. The van der Waals surface area contributed by atoms with E-state index in [1.807, 2.05) is 29.6 Å². The van der Waals surface area contributed by atoms with Crippen molar-refractivity contribution in [3.8, 4) is 11.8 Å². The molecule has 0 N–H and O–H groups in total. The molecule has 0 saturated carbocycles. The fraction of sp³-hybridized carbons (Fsp3) is 0.190. The van der Waals surface area contributed by atoms with Crippen molar-refractivity contribution in [3.05, 3.63) is 70.7 Å². The number of nitriles is 1. The second-order valence-electron chi connectivity index (χ2n) is 5.92. The van der Waals surface area contributed by atoms with Crippen molar-refractivity contribution < 1.29 is 9.53 Å². The maximum Gasteiger partial charge on any atom is 0.230 e. The first-order valence-corrected chi connectivity index (χ1v) is 9.45. The van der Waals surface area contributed by atoms with Gasteiger partial charge in [-0.05, 0) is 48.4 Å². The average Bonchev–Trinajstić information content (AvgIpc) is 3.15. The Balaban J connectivity index is 1.73. The van der Waals surface area contributed by atoms with Crippen LogP contribution in [0.4, 0.5) is 10.8 Å². The van der Waals surface area contributed by atoms with Gasteiger partial charge in [-0.3, -0.25) is 9.69 Å². The van der Waals surface area contributed by atoms with Gasteiger partial charge in [0, 0.05) is 12.3 Å². The second-order valence-corrected chi connectivity index (χ2v) is 6.76. The Bertz CT molecular complexity index is 956. The number of hydrogen-bond donors (Lipinski definition) is 0. The van der Waals surface area contributed by atoms with Crippen molar-refractivity contribution in [1.82, 2.24) is 4.98 Å². The summed E-state index contributed by atoms with van der Waals surface area (Å²) in [6.45, 7) is 3.92. The van der Waals surface area contributed by atoms with Crippen LogP contribution in [-0.4, -0.2) is 10.9 Å². The maximum atomic E-state index is 12.2. The molecule has 1 heterocycles. The van der Waals surface area contributed by atoms with E-state index in [0.29, 0.717) is 23.1 Å². The predicted octanol–water partition coefficient (Wildman–Crippen LogP) is 4.84. The quantitative estimate of drug-likeness (QED) is 0.616. The summed E-state index contributed by atoms with van der Waals surface area (Å²) in [5, 5.41) is 11.3. The molecule has 0 aliphatic carbocycles. The first-order chi connectivity index (χ1) is 13.1. The summed E-state index contributed by atoms with van der Waals surface area (Å²) in [5.74, 6) is 0.579. The van der Waals surface area contributed by atoms with Gasteiger partial charge in [-0.1, -0.05) is 19.1 Å². The molecule has 6 heteroatoms. The number of hydrogen-bond acceptors (Lipinski definition) is 5. The number of nitrogens with zero attached hydrogens (tertiary/aromatic N) is 3. The first kappa shape index (κ1) is 18.6. The summed E-state index contributed by atoms with van der Waals surface area (Å²) in [6.07, 6.45) is 0.953. The number of ether oxygens (including phenoxy) is 1. The number of amides is 1. The molecular formula is C21H19N3O2S. The van der Waals surface area contributed by atoms with Crippen LogP contribution in [0.2, 0.25) is 0 Å². The maximum absolute atomic E-state index is 12.2. The zero-order chi connectivity index (χ0) is 19.2. The lowest BCUT2D eigenvalue weighted by atomic mass is 10.1. The van der Waals surface area contributed by atoms with Gasteiger partial charge in [0.1, 0.15) is 12.4 Å². The summed E-state index contributed by atoms with van der Waals surface area (Å²) >= 11 is 1.40. The highest BCUT2D eigenvalue weighted by Gasteiger charge is 2.18. The van der Waals surface area contributed by atoms with Crippen LogP contribution in [0.25, 0.3) is 0 Å². The molecule has 0 radical (unpaired) electrons. The minimum atomic E-state index is -0.0897. The van der Waals surface area contributed by atoms with Gasteiger partial charge in [0.15, 0.2) is 5.13 Å². The molecule has 0 saturated heterocycles. The summed E-state index contributed by atoms with van der Waals surface area (Å²) in [5.41, 5.74) is 3.35. The third-order valence-corrected chi connectivity index (χ3v) is 4.89. The van der Waals surface area contributed by atoms with Gasteiger partial charge >= 0.3 is 0 Å². The van der Waals surface area contributed by atoms with E-state index in [2.05, 4.69) is 18.0 Å². The Labute approximate surface area is 162 Å². The van der Waals surface area contributed by atoms with Gasteiger partial charge in [0.05, 0.1) is 23.0 Å². The molecule has 0 aliphatic rings. The molecule has 0 fully saturated rings. The van der Waals surface area contributed by atoms with Gasteiger partial charge < -0.3 is 4.74 Å². The lowest BCUT2D eigenvalue weighted by molar-refractivity contribution is -0.115. The Morgan fingerprint density at radius 2 is 1.89 bits per heavy atom. The fourth-order valence-corrected chi connectivity index (χ4v) is 3.43. The lowest BCUT2D eigenvalue weighted by Crippen LogP contribution is -2.22. The molecule has 136 valence electrons. The number of thiazole rings is 1. The number of benzene rings is 2. The zero-order valence-corrected chi connectivity index (χ0v) is 16.0. The van der Waals surface area contributed by atoms with E-state index in [0.717, 1.165) is 17.8 Å². The van der Waals surface area contributed by atoms with Crippen LogP contribution in [0.15, 0.2) is 53.9 Å². The average molecular weight is 377 g/mol. The third kappa shape index (κ3) is 4.52. The highest BCUT2D eigenvalue weighted by atomic mass is 32.1. The zero-order valence-electron chi connectivity index (χ0n) is 15.2. The highest BCUT2D eigenvalue weighted by Crippen LogP contribution is 2.29. The van der Waals surface area contributed by atoms with E-state index in [1.165, 1.54) is 23.8 Å². The highest BCUT2D eigenvalue weighted by molar-refractivity contribution is 7.14. The Hall–Kier alpha value is -3.17. The van der Waals surface area contributed by atoms with E-state index in [9.17, 15) is 4.79 Å². The molecule has 3 aromatic rings. The van der Waals surface area contributed by atoms with Crippen molar-refractivity contribution in [2.45, 2.75) is 26.9 Å². The van der Waals surface area contributed by atoms with Gasteiger partial charge in [-0.25, -0.2) is 4.98 Å². The smallest absolute Gasteiger partial charge is 0.230 e. The largest absolute Gasteiger partial charge is 0.487 e. The second kappa shape index (κ2) is 8.47. The predicted molar refractivity (Wildman–Crippen MR) is 106 cm³/mol. The SMILES string of the molecule is CCc1ccc(N(C(C)=O)c2nc(COc3ccc(C#N)cc3)cs2)cc1. The van der Waals surface area contributed by atoms with Crippen LogP contribution >= 0.6 is 11.3 Å². The van der Waals surface area contributed by atoms with E-state index < -0.39 is 0 Å². The van der Waals surface area contributed by atoms with E-state index in [4.69, 9.17) is 10.00 Å². The van der Waals surface area contributed by atoms with E-state index in [1.54, 1.807) is 29.2 Å². The molecule has 1 aromatic heterocycles. The number of aromatic nitrogens is 1. The molecule has 0 bridgehead atoms. The summed E-state index contributed by atoms with van der Waals surface area (Å²) < 4.78 is 5.71. The molecular weight excluding hydrogens is 358 g/mol. The van der Waals surface area contributed by atoms with Gasteiger partial charge in [-0.2, -0.15) is 5.26 Å². The molecule has 27 heavy (non-hydrogen) atoms. The fourth-order valence-electron chi connectivity index (χ4n) is 2.56. The van der Waals surface area contributed by atoms with Crippen molar-refractivity contribution in [3.63, 3.8) is 0 Å². The molecule has 0 atom stereocenters. The lowest BCUT2D eigenvalue weighted by Gasteiger charge is -2.18. The minimum absolute atomic E-state index is 0.0897. The molecule has 1 amide bonds. The summed E-state index contributed by atoms with van der Waals surface area (Å²) in [4.78, 5) is 18.3. The Morgan fingerprint density at radius 3 is 2.48 bits per heavy atom. The number of carbonyl (C=O) groups excluding carboxylic acids is 1. The number of aryl methyl sites for hydroxylation is 1. The van der Waals surface area contributed by atoms with Gasteiger partial charge in [0.2, 0.25) is 5.91 Å². The number of carbonyl (C=O) groups is 1. The molecule has 0 aliphatic heterocycles. The van der Waals surface area contributed by atoms with Gasteiger partial charge in [0.25, 0.3) is 0 Å². The van der Waals surface area contributed by atoms with Crippen LogP contribution in [0.1, 0.15) is 30.7 Å².